The fourth-order valence-corrected chi connectivity index (χ4v) is 4.16. The van der Waals surface area contributed by atoms with Crippen molar-refractivity contribution in [1.82, 2.24) is 15.0 Å². The molecule has 4 rings (SSSR count). The molecule has 149 valence electrons. The van der Waals surface area contributed by atoms with E-state index in [0.29, 0.717) is 29.8 Å². The maximum atomic E-state index is 12.8. The van der Waals surface area contributed by atoms with E-state index in [9.17, 15) is 4.55 Å². The van der Waals surface area contributed by atoms with Crippen LogP contribution in [0.1, 0.15) is 24.6 Å². The van der Waals surface area contributed by atoms with Crippen LogP contribution in [-0.2, 0) is 26.4 Å². The van der Waals surface area contributed by atoms with Gasteiger partial charge < -0.3 is 18.8 Å². The summed E-state index contributed by atoms with van der Waals surface area (Å²) >= 11 is -1.34. The van der Waals surface area contributed by atoms with E-state index in [0.717, 1.165) is 23.0 Å². The van der Waals surface area contributed by atoms with Crippen molar-refractivity contribution in [2.45, 2.75) is 37.0 Å². The predicted molar refractivity (Wildman–Crippen MR) is 111 cm³/mol. The number of imidazole rings is 1. The number of aromatic nitrogens is 3. The van der Waals surface area contributed by atoms with Gasteiger partial charge in [-0.1, -0.05) is 12.1 Å². The molecule has 1 atom stereocenters. The topological polar surface area (TPSA) is 92.3 Å². The predicted octanol–water partition coefficient (Wildman–Crippen LogP) is 2.73. The number of hydrogen-bond acceptors (Lipinski definition) is 6. The third-order valence-corrected chi connectivity index (χ3v) is 5.86. The quantitative estimate of drug-likeness (QED) is 0.483. The summed E-state index contributed by atoms with van der Waals surface area (Å²) in [6, 6.07) is 9.43. The Morgan fingerprint density at radius 1 is 1.24 bits per heavy atom. The first kappa shape index (κ1) is 22.6. The number of nitrogens with one attached hydrogen (secondary N) is 1. The minimum atomic E-state index is -1.34. The van der Waals surface area contributed by atoms with Crippen molar-refractivity contribution in [3.63, 3.8) is 0 Å². The number of benzene rings is 1. The fraction of sp³-hybridized carbons (Fsp3) is 0.400. The summed E-state index contributed by atoms with van der Waals surface area (Å²) in [6.07, 6.45) is 2.56. The van der Waals surface area contributed by atoms with Crippen molar-refractivity contribution >= 4 is 51.8 Å². The number of pyridine rings is 1. The second kappa shape index (κ2) is 9.78. The molecule has 1 aliphatic heterocycles. The first-order valence-corrected chi connectivity index (χ1v) is 10.5. The average molecular weight is 424 g/mol. The van der Waals surface area contributed by atoms with Gasteiger partial charge in [-0.2, -0.15) is 4.98 Å². The zero-order chi connectivity index (χ0) is 19.6. The number of aromatic amines is 1. The molecule has 1 radical (unpaired) electrons. The van der Waals surface area contributed by atoms with Gasteiger partial charge in [0, 0.05) is 52.5 Å². The Morgan fingerprint density at radius 2 is 2.00 bits per heavy atom. The molecule has 29 heavy (non-hydrogen) atoms. The molecule has 3 aromatic rings. The van der Waals surface area contributed by atoms with Crippen LogP contribution in [0.5, 0.6) is 5.75 Å². The van der Waals surface area contributed by atoms with Crippen molar-refractivity contribution in [3.8, 4) is 5.75 Å². The molecule has 0 amide bonds. The van der Waals surface area contributed by atoms with Crippen molar-refractivity contribution < 1.29 is 18.8 Å². The molecule has 1 N–H and O–H groups in total. The van der Waals surface area contributed by atoms with E-state index in [1.54, 1.807) is 12.3 Å². The van der Waals surface area contributed by atoms with Gasteiger partial charge in [-0.3, -0.25) is 9.97 Å². The first-order valence-electron chi connectivity index (χ1n) is 9.22. The molecule has 9 heteroatoms. The Hall–Kier alpha value is -1.13. The minimum absolute atomic E-state index is 0. The summed E-state index contributed by atoms with van der Waals surface area (Å²) in [6.45, 7) is 5.40. The summed E-state index contributed by atoms with van der Waals surface area (Å²) < 4.78 is 30.1. The number of fused-ring (bicyclic) bond motifs is 1. The molecular weight excluding hydrogens is 401 g/mol. The standard InChI is InChI=1S/C20H23N3O4S.Na/c1-14-17(12-28(24)19-22-15-6-3-4-7-16(15)23-19)21-9-8-18(14)25-13-20(2)26-10-5-11-27-20;/h3-4,6-9H,5,10-13H2,1-2H3,(H,22,23);. The molecule has 1 aromatic carbocycles. The van der Waals surface area contributed by atoms with Gasteiger partial charge in [0.05, 0.1) is 29.9 Å². The van der Waals surface area contributed by atoms with Crippen molar-refractivity contribution in [2.24, 2.45) is 0 Å². The molecule has 1 fully saturated rings. The second-order valence-electron chi connectivity index (χ2n) is 6.90. The molecule has 1 aliphatic rings. The van der Waals surface area contributed by atoms with E-state index in [1.165, 1.54) is 0 Å². The smallest absolute Gasteiger partial charge is 0.322 e. The van der Waals surface area contributed by atoms with Gasteiger partial charge in [0.2, 0.25) is 0 Å². The van der Waals surface area contributed by atoms with E-state index in [2.05, 4.69) is 15.0 Å². The molecule has 7 nitrogen and oxygen atoms in total. The summed E-state index contributed by atoms with van der Waals surface area (Å²) in [5, 5.41) is 0.449. The van der Waals surface area contributed by atoms with E-state index < -0.39 is 17.0 Å². The van der Waals surface area contributed by atoms with Crippen LogP contribution < -0.4 is 4.74 Å². The second-order valence-corrected chi connectivity index (χ2v) is 8.27. The Kier molecular flexibility index (Phi) is 7.61. The van der Waals surface area contributed by atoms with Gasteiger partial charge in [-0.05, 0) is 38.5 Å². The van der Waals surface area contributed by atoms with Crippen LogP contribution in [0.3, 0.4) is 0 Å². The Balaban J connectivity index is 0.00000240. The van der Waals surface area contributed by atoms with Crippen LogP contribution in [0.2, 0.25) is 0 Å². The fourth-order valence-electron chi connectivity index (χ4n) is 3.06. The zero-order valence-electron chi connectivity index (χ0n) is 16.9. The third kappa shape index (κ3) is 5.32. The summed E-state index contributed by atoms with van der Waals surface area (Å²) in [5.74, 6) is 0.198. The molecular formula is C20H23N3NaO4S. The number of nitrogens with zero attached hydrogens (tertiary/aromatic N) is 2. The van der Waals surface area contributed by atoms with Crippen LogP contribution in [0.25, 0.3) is 11.0 Å². The van der Waals surface area contributed by atoms with Crippen molar-refractivity contribution in [1.29, 1.82) is 0 Å². The summed E-state index contributed by atoms with van der Waals surface area (Å²) in [4.78, 5) is 11.9. The Labute approximate surface area is 195 Å². The molecule has 1 saturated heterocycles. The van der Waals surface area contributed by atoms with Gasteiger partial charge in [-0.15, -0.1) is 0 Å². The van der Waals surface area contributed by atoms with Gasteiger partial charge >= 0.3 is 5.16 Å². The van der Waals surface area contributed by atoms with Crippen molar-refractivity contribution in [2.75, 3.05) is 19.8 Å². The molecule has 3 heterocycles. The van der Waals surface area contributed by atoms with Crippen LogP contribution in [-0.4, -0.2) is 74.7 Å². The van der Waals surface area contributed by atoms with Crippen LogP contribution >= 0.6 is 0 Å². The monoisotopic (exact) mass is 424 g/mol. The maximum Gasteiger partial charge on any atom is 0.322 e. The van der Waals surface area contributed by atoms with Gasteiger partial charge in [0.15, 0.2) is 11.5 Å². The summed E-state index contributed by atoms with van der Waals surface area (Å²) in [5.41, 5.74) is 3.24. The average Bonchev–Trinajstić information content (AvgIpc) is 3.14. The van der Waals surface area contributed by atoms with E-state index in [1.807, 2.05) is 38.1 Å². The molecule has 0 aliphatic carbocycles. The molecule has 0 spiro atoms. The van der Waals surface area contributed by atoms with Gasteiger partial charge in [0.25, 0.3) is 0 Å². The number of H-pyrrole nitrogens is 1. The third-order valence-electron chi connectivity index (χ3n) is 4.70. The van der Waals surface area contributed by atoms with E-state index in [-0.39, 0.29) is 41.9 Å². The Morgan fingerprint density at radius 3 is 2.76 bits per heavy atom. The van der Waals surface area contributed by atoms with Gasteiger partial charge in [0.1, 0.15) is 12.4 Å². The Bertz CT molecular complexity index is 929. The minimum Gasteiger partial charge on any atom is -0.609 e. The maximum absolute atomic E-state index is 12.8. The molecule has 2 aromatic heterocycles. The number of ether oxygens (including phenoxy) is 3. The largest absolute Gasteiger partial charge is 0.609 e. The van der Waals surface area contributed by atoms with Crippen LogP contribution in [0.4, 0.5) is 0 Å². The number of para-hydroxylation sites is 2. The SMILES string of the molecule is Cc1c(OCC2(C)OCCCO2)ccnc1C[S+]([O-])c1nc2ccccc2[nH]1.[Na]. The number of hydrogen-bond donors (Lipinski definition) is 1. The molecule has 0 saturated carbocycles. The number of rotatable bonds is 6. The normalized spacial score (nSPS) is 16.9. The van der Waals surface area contributed by atoms with Crippen molar-refractivity contribution in [3.05, 3.63) is 47.8 Å². The first-order chi connectivity index (χ1) is 13.5. The molecule has 0 bridgehead atoms. The van der Waals surface area contributed by atoms with Crippen LogP contribution in [0, 0.1) is 6.92 Å². The van der Waals surface area contributed by atoms with E-state index in [4.69, 9.17) is 14.2 Å². The molecule has 1 unspecified atom stereocenters. The van der Waals surface area contributed by atoms with Gasteiger partial charge in [-0.25, -0.2) is 0 Å². The van der Waals surface area contributed by atoms with Crippen LogP contribution in [0.15, 0.2) is 41.7 Å². The zero-order valence-corrected chi connectivity index (χ0v) is 19.8. The summed E-state index contributed by atoms with van der Waals surface area (Å²) in [7, 11) is 0. The van der Waals surface area contributed by atoms with E-state index >= 15 is 0 Å².